The van der Waals surface area contributed by atoms with Gasteiger partial charge in [-0.05, 0) is 13.8 Å². The summed E-state index contributed by atoms with van der Waals surface area (Å²) in [5.41, 5.74) is 0.541. The van der Waals surface area contributed by atoms with E-state index in [-0.39, 0.29) is 12.5 Å². The summed E-state index contributed by atoms with van der Waals surface area (Å²) in [6.45, 7) is 9.77. The lowest BCUT2D eigenvalue weighted by Crippen LogP contribution is -2.51. The van der Waals surface area contributed by atoms with Crippen LogP contribution in [0.4, 0.5) is 0 Å². The molecule has 80 valence electrons. The normalized spacial score (nSPS) is 18.3. The number of nitrogens with zero attached hydrogens (tertiary/aromatic N) is 2. The Bertz CT molecular complexity index is 238. The highest BCUT2D eigenvalue weighted by Gasteiger charge is 2.27. The summed E-state index contributed by atoms with van der Waals surface area (Å²) in [5.74, 6) is -0.0565. The van der Waals surface area contributed by atoms with Crippen molar-refractivity contribution in [3.63, 3.8) is 0 Å². The number of hydrogen-bond acceptors (Lipinski definition) is 3. The number of carbonyl (C=O) groups excluding carboxylic acids is 1. The van der Waals surface area contributed by atoms with Gasteiger partial charge in [-0.3, -0.25) is 4.79 Å². The first-order chi connectivity index (χ1) is 6.57. The van der Waals surface area contributed by atoms with E-state index in [4.69, 9.17) is 5.11 Å². The average molecular weight is 198 g/mol. The van der Waals surface area contributed by atoms with Crippen LogP contribution in [0.15, 0.2) is 12.3 Å². The van der Waals surface area contributed by atoms with Crippen LogP contribution >= 0.6 is 0 Å². The van der Waals surface area contributed by atoms with E-state index < -0.39 is 0 Å². The highest BCUT2D eigenvalue weighted by atomic mass is 16.3. The van der Waals surface area contributed by atoms with Crippen molar-refractivity contribution >= 4 is 5.91 Å². The minimum Gasteiger partial charge on any atom is -0.395 e. The van der Waals surface area contributed by atoms with Gasteiger partial charge in [0, 0.05) is 25.7 Å². The second-order valence-electron chi connectivity index (χ2n) is 3.75. The van der Waals surface area contributed by atoms with Crippen LogP contribution in [0.25, 0.3) is 0 Å². The SMILES string of the molecule is C=C1C(=O)N(CCO)CCN1C(C)C. The summed E-state index contributed by atoms with van der Waals surface area (Å²) in [5, 5.41) is 8.76. The second-order valence-corrected chi connectivity index (χ2v) is 3.75. The van der Waals surface area contributed by atoms with Gasteiger partial charge >= 0.3 is 0 Å². The molecule has 4 heteroatoms. The number of hydrogen-bond donors (Lipinski definition) is 1. The van der Waals surface area contributed by atoms with Crippen LogP contribution in [0.1, 0.15) is 13.8 Å². The van der Waals surface area contributed by atoms with Crippen LogP contribution in [0.5, 0.6) is 0 Å². The Kier molecular flexibility index (Phi) is 3.52. The number of aliphatic hydroxyl groups excluding tert-OH is 1. The molecule has 0 atom stereocenters. The van der Waals surface area contributed by atoms with Crippen molar-refractivity contribution in [1.82, 2.24) is 9.80 Å². The molecule has 4 nitrogen and oxygen atoms in total. The van der Waals surface area contributed by atoms with Crippen molar-refractivity contribution in [3.05, 3.63) is 12.3 Å². The zero-order chi connectivity index (χ0) is 10.7. The zero-order valence-corrected chi connectivity index (χ0v) is 8.86. The second kappa shape index (κ2) is 4.46. The van der Waals surface area contributed by atoms with Gasteiger partial charge in [0.15, 0.2) is 0 Å². The lowest BCUT2D eigenvalue weighted by atomic mass is 10.2. The van der Waals surface area contributed by atoms with Crippen LogP contribution in [0.2, 0.25) is 0 Å². The summed E-state index contributed by atoms with van der Waals surface area (Å²) in [7, 11) is 0. The van der Waals surface area contributed by atoms with Gasteiger partial charge in [-0.15, -0.1) is 0 Å². The van der Waals surface area contributed by atoms with Crippen molar-refractivity contribution in [1.29, 1.82) is 0 Å². The topological polar surface area (TPSA) is 43.8 Å². The van der Waals surface area contributed by atoms with Crippen molar-refractivity contribution in [3.8, 4) is 0 Å². The first-order valence-electron chi connectivity index (χ1n) is 4.93. The van der Waals surface area contributed by atoms with Crippen LogP contribution in [-0.2, 0) is 4.79 Å². The average Bonchev–Trinajstić information content (AvgIpc) is 2.13. The number of β-amino-alcohol motifs (C(OH)–C–C–N with tert-alkyl or cyclic N) is 1. The predicted octanol–water partition coefficient (Wildman–Crippen LogP) is 0.0450. The van der Waals surface area contributed by atoms with Crippen molar-refractivity contribution in [2.45, 2.75) is 19.9 Å². The van der Waals surface area contributed by atoms with E-state index in [1.54, 1.807) is 4.90 Å². The van der Waals surface area contributed by atoms with Gasteiger partial charge in [0.25, 0.3) is 5.91 Å². The molecule has 1 heterocycles. The summed E-state index contributed by atoms with van der Waals surface area (Å²) in [6.07, 6.45) is 0. The summed E-state index contributed by atoms with van der Waals surface area (Å²) >= 11 is 0. The van der Waals surface area contributed by atoms with Crippen LogP contribution in [0, 0.1) is 0 Å². The molecule has 1 N–H and O–H groups in total. The third kappa shape index (κ3) is 2.07. The molecule has 0 aliphatic carbocycles. The Hall–Kier alpha value is -1.03. The molecule has 0 unspecified atom stereocenters. The summed E-state index contributed by atoms with van der Waals surface area (Å²) in [6, 6.07) is 0.308. The monoisotopic (exact) mass is 198 g/mol. The summed E-state index contributed by atoms with van der Waals surface area (Å²) < 4.78 is 0. The van der Waals surface area contributed by atoms with E-state index in [0.29, 0.717) is 24.8 Å². The zero-order valence-electron chi connectivity index (χ0n) is 8.86. The van der Waals surface area contributed by atoms with E-state index >= 15 is 0 Å². The van der Waals surface area contributed by atoms with Gasteiger partial charge in [-0.25, -0.2) is 0 Å². The van der Waals surface area contributed by atoms with Crippen molar-refractivity contribution < 1.29 is 9.90 Å². The number of carbonyl (C=O) groups is 1. The van der Waals surface area contributed by atoms with E-state index in [9.17, 15) is 4.79 Å². The first kappa shape index (κ1) is 11.0. The fraction of sp³-hybridized carbons (Fsp3) is 0.700. The molecular weight excluding hydrogens is 180 g/mol. The maximum Gasteiger partial charge on any atom is 0.269 e. The highest BCUT2D eigenvalue weighted by molar-refractivity contribution is 5.93. The van der Waals surface area contributed by atoms with E-state index in [2.05, 4.69) is 6.58 Å². The molecular formula is C10H18N2O2. The van der Waals surface area contributed by atoms with E-state index in [1.807, 2.05) is 18.7 Å². The molecule has 0 radical (unpaired) electrons. The molecule has 1 fully saturated rings. The Labute approximate surface area is 84.8 Å². The van der Waals surface area contributed by atoms with E-state index in [1.165, 1.54) is 0 Å². The van der Waals surface area contributed by atoms with Gasteiger partial charge in [0.2, 0.25) is 0 Å². The molecule has 1 saturated heterocycles. The van der Waals surface area contributed by atoms with Crippen molar-refractivity contribution in [2.24, 2.45) is 0 Å². The van der Waals surface area contributed by atoms with Gasteiger partial charge < -0.3 is 14.9 Å². The number of amides is 1. The Morgan fingerprint density at radius 1 is 1.50 bits per heavy atom. The Morgan fingerprint density at radius 3 is 2.64 bits per heavy atom. The molecule has 1 aliphatic heterocycles. The molecule has 0 bridgehead atoms. The molecule has 1 amide bonds. The van der Waals surface area contributed by atoms with E-state index in [0.717, 1.165) is 6.54 Å². The van der Waals surface area contributed by atoms with Crippen LogP contribution in [0.3, 0.4) is 0 Å². The van der Waals surface area contributed by atoms with Gasteiger partial charge in [-0.2, -0.15) is 0 Å². The third-order valence-electron chi connectivity index (χ3n) is 2.48. The molecule has 0 saturated carbocycles. The molecule has 14 heavy (non-hydrogen) atoms. The maximum absolute atomic E-state index is 11.7. The molecule has 1 aliphatic rings. The van der Waals surface area contributed by atoms with Crippen LogP contribution in [-0.4, -0.2) is 53.1 Å². The molecule has 0 spiro atoms. The fourth-order valence-corrected chi connectivity index (χ4v) is 1.67. The smallest absolute Gasteiger partial charge is 0.269 e. The standard InChI is InChI=1S/C10H18N2O2/c1-8(2)12-5-4-11(6-7-13)10(14)9(12)3/h8,13H,3-7H2,1-2H3. The predicted molar refractivity (Wildman–Crippen MR) is 54.6 cm³/mol. The van der Waals surface area contributed by atoms with Gasteiger partial charge in [0.05, 0.1) is 12.3 Å². The van der Waals surface area contributed by atoms with Gasteiger partial charge in [-0.1, -0.05) is 6.58 Å². The Balaban J connectivity index is 2.65. The number of rotatable bonds is 3. The third-order valence-corrected chi connectivity index (χ3v) is 2.48. The molecule has 1 rings (SSSR count). The minimum absolute atomic E-state index is 0.0146. The quantitative estimate of drug-likeness (QED) is 0.651. The summed E-state index contributed by atoms with van der Waals surface area (Å²) in [4.78, 5) is 15.3. The maximum atomic E-state index is 11.7. The first-order valence-corrected chi connectivity index (χ1v) is 4.93. The lowest BCUT2D eigenvalue weighted by molar-refractivity contribution is -0.132. The largest absolute Gasteiger partial charge is 0.395 e. The molecule has 0 aromatic heterocycles. The fourth-order valence-electron chi connectivity index (χ4n) is 1.67. The number of piperazine rings is 1. The highest BCUT2D eigenvalue weighted by Crippen LogP contribution is 2.15. The molecule has 0 aromatic rings. The van der Waals surface area contributed by atoms with Crippen molar-refractivity contribution in [2.75, 3.05) is 26.2 Å². The Morgan fingerprint density at radius 2 is 2.14 bits per heavy atom. The minimum atomic E-state index is -0.0565. The molecule has 0 aromatic carbocycles. The van der Waals surface area contributed by atoms with Gasteiger partial charge in [0.1, 0.15) is 0 Å². The lowest BCUT2D eigenvalue weighted by Gasteiger charge is -2.39. The number of aliphatic hydroxyl groups is 1. The van der Waals surface area contributed by atoms with Crippen LogP contribution < -0.4 is 0 Å².